The molecule has 2 amide bonds. The van der Waals surface area contributed by atoms with E-state index >= 15 is 0 Å². The summed E-state index contributed by atoms with van der Waals surface area (Å²) in [6.07, 6.45) is 2.22. The first-order valence-electron chi connectivity index (χ1n) is 6.90. The maximum atomic E-state index is 12.4. The van der Waals surface area contributed by atoms with Crippen LogP contribution in [0.25, 0.3) is 0 Å². The number of rotatable bonds is 3. The van der Waals surface area contributed by atoms with Crippen LogP contribution in [-0.4, -0.2) is 41.6 Å². The van der Waals surface area contributed by atoms with Crippen LogP contribution in [0.1, 0.15) is 25.3 Å². The molecule has 5 nitrogen and oxygen atoms in total. The maximum Gasteiger partial charge on any atom is 0.326 e. The molecule has 1 N–H and O–H groups in total. The van der Waals surface area contributed by atoms with E-state index in [9.17, 15) is 9.59 Å². The van der Waals surface area contributed by atoms with Crippen molar-refractivity contribution >= 4 is 17.7 Å². The standard InChI is InChI=1S/C15H20N2O3/c1-3-11-6-8-12(9-7-11)16(2)15(20)17-10-4-5-13(17)14(18)19/h6-9,13H,3-5,10H2,1-2H3,(H,18,19)/t13-/m0/s1. The number of carboxylic acid groups (broad SMARTS) is 1. The van der Waals surface area contributed by atoms with Crippen molar-refractivity contribution in [2.24, 2.45) is 0 Å². The minimum absolute atomic E-state index is 0.251. The van der Waals surface area contributed by atoms with Crippen LogP contribution in [0.2, 0.25) is 0 Å². The van der Waals surface area contributed by atoms with Gasteiger partial charge in [-0.15, -0.1) is 0 Å². The first-order chi connectivity index (χ1) is 9.54. The Morgan fingerprint density at radius 3 is 2.55 bits per heavy atom. The molecule has 5 heteroatoms. The smallest absolute Gasteiger partial charge is 0.326 e. The zero-order valence-electron chi connectivity index (χ0n) is 11.9. The highest BCUT2D eigenvalue weighted by molar-refractivity contribution is 5.94. The molecule has 1 aliphatic rings. The van der Waals surface area contributed by atoms with Crippen molar-refractivity contribution < 1.29 is 14.7 Å². The number of benzene rings is 1. The Morgan fingerprint density at radius 1 is 1.35 bits per heavy atom. The van der Waals surface area contributed by atoms with Crippen LogP contribution in [0.4, 0.5) is 10.5 Å². The van der Waals surface area contributed by atoms with Crippen LogP contribution >= 0.6 is 0 Å². The lowest BCUT2D eigenvalue weighted by Crippen LogP contribution is -2.46. The lowest BCUT2D eigenvalue weighted by Gasteiger charge is -2.27. The van der Waals surface area contributed by atoms with Crippen molar-refractivity contribution in [1.82, 2.24) is 4.90 Å². The third kappa shape index (κ3) is 2.76. The second-order valence-electron chi connectivity index (χ2n) is 5.05. The average Bonchev–Trinajstić information content (AvgIpc) is 2.95. The molecule has 1 aliphatic heterocycles. The molecule has 2 rings (SSSR count). The molecule has 1 heterocycles. The van der Waals surface area contributed by atoms with Crippen molar-refractivity contribution in [3.05, 3.63) is 29.8 Å². The number of amides is 2. The molecule has 0 unspecified atom stereocenters. The van der Waals surface area contributed by atoms with Gasteiger partial charge in [0.05, 0.1) is 0 Å². The predicted octanol–water partition coefficient (Wildman–Crippen LogP) is 2.35. The summed E-state index contributed by atoms with van der Waals surface area (Å²) in [6, 6.07) is 6.81. The Hall–Kier alpha value is -2.04. The quantitative estimate of drug-likeness (QED) is 0.922. The van der Waals surface area contributed by atoms with Gasteiger partial charge in [0.15, 0.2) is 0 Å². The first kappa shape index (κ1) is 14.4. The summed E-state index contributed by atoms with van der Waals surface area (Å²) in [4.78, 5) is 26.5. The molecule has 1 saturated heterocycles. The number of carbonyl (C=O) groups excluding carboxylic acids is 1. The van der Waals surface area contributed by atoms with Gasteiger partial charge in [-0.05, 0) is 37.0 Å². The number of hydrogen-bond acceptors (Lipinski definition) is 2. The van der Waals surface area contributed by atoms with Crippen LogP contribution < -0.4 is 4.90 Å². The van der Waals surface area contributed by atoms with E-state index in [-0.39, 0.29) is 6.03 Å². The van der Waals surface area contributed by atoms with E-state index in [1.54, 1.807) is 7.05 Å². The van der Waals surface area contributed by atoms with Gasteiger partial charge in [-0.25, -0.2) is 9.59 Å². The molecule has 0 aliphatic carbocycles. The molecule has 108 valence electrons. The number of anilines is 1. The summed E-state index contributed by atoms with van der Waals surface area (Å²) in [5.41, 5.74) is 1.99. The van der Waals surface area contributed by atoms with Crippen LogP contribution in [-0.2, 0) is 11.2 Å². The fraction of sp³-hybridized carbons (Fsp3) is 0.467. The lowest BCUT2D eigenvalue weighted by atomic mass is 10.1. The molecular formula is C15H20N2O3. The Labute approximate surface area is 118 Å². The Kier molecular flexibility index (Phi) is 4.27. The number of aliphatic carboxylic acids is 1. The maximum absolute atomic E-state index is 12.4. The summed E-state index contributed by atoms with van der Waals surface area (Å²) < 4.78 is 0. The topological polar surface area (TPSA) is 60.9 Å². The number of carbonyl (C=O) groups is 2. The van der Waals surface area contributed by atoms with Gasteiger partial charge in [-0.3, -0.25) is 4.90 Å². The fourth-order valence-electron chi connectivity index (χ4n) is 2.51. The zero-order chi connectivity index (χ0) is 14.7. The highest BCUT2D eigenvalue weighted by Gasteiger charge is 2.35. The molecule has 1 aromatic carbocycles. The van der Waals surface area contributed by atoms with Crippen molar-refractivity contribution in [3.63, 3.8) is 0 Å². The van der Waals surface area contributed by atoms with Crippen molar-refractivity contribution in [1.29, 1.82) is 0 Å². The summed E-state index contributed by atoms with van der Waals surface area (Å²) in [6.45, 7) is 2.58. The Morgan fingerprint density at radius 2 is 2.00 bits per heavy atom. The second kappa shape index (κ2) is 5.94. The van der Waals surface area contributed by atoms with E-state index in [1.165, 1.54) is 15.4 Å². The van der Waals surface area contributed by atoms with E-state index in [0.29, 0.717) is 13.0 Å². The van der Waals surface area contributed by atoms with Crippen molar-refractivity contribution in [2.75, 3.05) is 18.5 Å². The first-order valence-corrected chi connectivity index (χ1v) is 6.90. The highest BCUT2D eigenvalue weighted by Crippen LogP contribution is 2.22. The summed E-state index contributed by atoms with van der Waals surface area (Å²) in [7, 11) is 1.68. The van der Waals surface area contributed by atoms with Gasteiger partial charge >= 0.3 is 12.0 Å². The van der Waals surface area contributed by atoms with Gasteiger partial charge < -0.3 is 10.0 Å². The monoisotopic (exact) mass is 276 g/mol. The molecular weight excluding hydrogens is 256 g/mol. The van der Waals surface area contributed by atoms with E-state index in [4.69, 9.17) is 5.11 Å². The summed E-state index contributed by atoms with van der Waals surface area (Å²) in [5.74, 6) is -0.925. The van der Waals surface area contributed by atoms with Crippen LogP contribution in [0.3, 0.4) is 0 Å². The number of nitrogens with zero attached hydrogens (tertiary/aromatic N) is 2. The van der Waals surface area contributed by atoms with Gasteiger partial charge in [0, 0.05) is 19.3 Å². The zero-order valence-corrected chi connectivity index (χ0v) is 11.9. The molecule has 0 spiro atoms. The molecule has 1 fully saturated rings. The third-order valence-electron chi connectivity index (χ3n) is 3.80. The van der Waals surface area contributed by atoms with Gasteiger partial charge in [0.1, 0.15) is 6.04 Å². The number of hydrogen-bond donors (Lipinski definition) is 1. The van der Waals surface area contributed by atoms with E-state index in [0.717, 1.165) is 18.5 Å². The molecule has 0 aromatic heterocycles. The SMILES string of the molecule is CCc1ccc(N(C)C(=O)N2CCC[C@H]2C(=O)O)cc1. The summed E-state index contributed by atoms with van der Waals surface area (Å²) in [5, 5.41) is 9.14. The number of urea groups is 1. The molecule has 1 aromatic rings. The summed E-state index contributed by atoms with van der Waals surface area (Å²) >= 11 is 0. The largest absolute Gasteiger partial charge is 0.480 e. The molecule has 20 heavy (non-hydrogen) atoms. The fourth-order valence-corrected chi connectivity index (χ4v) is 2.51. The lowest BCUT2D eigenvalue weighted by molar-refractivity contribution is -0.141. The molecule has 0 bridgehead atoms. The van der Waals surface area contributed by atoms with Gasteiger partial charge in [0.2, 0.25) is 0 Å². The highest BCUT2D eigenvalue weighted by atomic mass is 16.4. The van der Waals surface area contributed by atoms with E-state index in [1.807, 2.05) is 24.3 Å². The number of aryl methyl sites for hydroxylation is 1. The minimum Gasteiger partial charge on any atom is -0.480 e. The number of likely N-dealkylation sites (tertiary alicyclic amines) is 1. The average molecular weight is 276 g/mol. The van der Waals surface area contributed by atoms with E-state index in [2.05, 4.69) is 6.92 Å². The Bertz CT molecular complexity index is 498. The van der Waals surface area contributed by atoms with Gasteiger partial charge in [-0.2, -0.15) is 0 Å². The van der Waals surface area contributed by atoms with Crippen molar-refractivity contribution in [3.8, 4) is 0 Å². The number of carboxylic acids is 1. The van der Waals surface area contributed by atoms with Crippen LogP contribution in [0.15, 0.2) is 24.3 Å². The minimum atomic E-state index is -0.925. The normalized spacial score (nSPS) is 18.1. The third-order valence-corrected chi connectivity index (χ3v) is 3.80. The predicted molar refractivity (Wildman–Crippen MR) is 77.0 cm³/mol. The van der Waals surface area contributed by atoms with Crippen molar-refractivity contribution in [2.45, 2.75) is 32.2 Å². The molecule has 1 atom stereocenters. The van der Waals surface area contributed by atoms with Gasteiger partial charge in [-0.1, -0.05) is 19.1 Å². The second-order valence-corrected chi connectivity index (χ2v) is 5.05. The molecule has 0 radical (unpaired) electrons. The van der Waals surface area contributed by atoms with Crippen LogP contribution in [0.5, 0.6) is 0 Å². The van der Waals surface area contributed by atoms with Gasteiger partial charge in [0.25, 0.3) is 0 Å². The van der Waals surface area contributed by atoms with E-state index < -0.39 is 12.0 Å². The van der Waals surface area contributed by atoms with Crippen LogP contribution in [0, 0.1) is 0 Å². The Balaban J connectivity index is 2.13. The molecule has 0 saturated carbocycles.